The number of hydrogen-bond donors (Lipinski definition) is 1. The Labute approximate surface area is 107 Å². The fourth-order valence-corrected chi connectivity index (χ4v) is 1.44. The summed E-state index contributed by atoms with van der Waals surface area (Å²) in [5, 5.41) is 0. The number of ether oxygens (including phenoxy) is 1. The molecule has 0 aliphatic rings. The van der Waals surface area contributed by atoms with Crippen LogP contribution in [0.4, 0.5) is 5.95 Å². The van der Waals surface area contributed by atoms with Gasteiger partial charge in [0.15, 0.2) is 0 Å². The van der Waals surface area contributed by atoms with Crippen LogP contribution in [0, 0.1) is 6.92 Å². The number of nitrogens with zero attached hydrogens (tertiary/aromatic N) is 3. The first kappa shape index (κ1) is 13.8. The summed E-state index contributed by atoms with van der Waals surface area (Å²) in [6.07, 6.45) is 2.40. The molecule has 1 aromatic rings. The molecule has 2 N–H and O–H groups in total. The Morgan fingerprint density at radius 1 is 1.53 bits per heavy atom. The van der Waals surface area contributed by atoms with E-state index < -0.39 is 0 Å². The third-order valence-electron chi connectivity index (χ3n) is 2.26. The molecule has 0 spiro atoms. The number of methoxy groups -OCH3 is 1. The molecule has 0 amide bonds. The van der Waals surface area contributed by atoms with Crippen molar-refractivity contribution in [3.63, 3.8) is 0 Å². The van der Waals surface area contributed by atoms with E-state index in [1.807, 2.05) is 17.9 Å². The standard InChI is InChI=1S/C11H18N4OS/c1-9-3-5-13-11(14-9)15(7-8-16-2)6-4-10(12)17/h3,5H,4,6-8H2,1-2H3,(H2,12,17). The van der Waals surface area contributed by atoms with E-state index >= 15 is 0 Å². The molecule has 6 heteroatoms. The number of aromatic nitrogens is 2. The van der Waals surface area contributed by atoms with Gasteiger partial charge in [0.05, 0.1) is 11.6 Å². The maximum Gasteiger partial charge on any atom is 0.225 e. The van der Waals surface area contributed by atoms with Crippen LogP contribution in [0.15, 0.2) is 12.3 Å². The van der Waals surface area contributed by atoms with Crippen LogP contribution in [0.2, 0.25) is 0 Å². The first-order valence-electron chi connectivity index (χ1n) is 5.45. The average Bonchev–Trinajstić information content (AvgIpc) is 2.29. The van der Waals surface area contributed by atoms with Gasteiger partial charge in [0.2, 0.25) is 5.95 Å². The molecular weight excluding hydrogens is 236 g/mol. The number of rotatable bonds is 7. The average molecular weight is 254 g/mol. The Morgan fingerprint density at radius 3 is 2.88 bits per heavy atom. The van der Waals surface area contributed by atoms with Crippen LogP contribution in [0.5, 0.6) is 0 Å². The Hall–Kier alpha value is -1.27. The maximum atomic E-state index is 5.51. The normalized spacial score (nSPS) is 10.2. The van der Waals surface area contributed by atoms with Crippen molar-refractivity contribution in [2.45, 2.75) is 13.3 Å². The van der Waals surface area contributed by atoms with Crippen molar-refractivity contribution in [1.29, 1.82) is 0 Å². The topological polar surface area (TPSA) is 64.3 Å². The van der Waals surface area contributed by atoms with E-state index in [9.17, 15) is 0 Å². The van der Waals surface area contributed by atoms with Crippen molar-refractivity contribution >= 4 is 23.2 Å². The Kier molecular flexibility index (Phi) is 5.79. The highest BCUT2D eigenvalue weighted by atomic mass is 32.1. The molecule has 1 rings (SSSR count). The van der Waals surface area contributed by atoms with Gasteiger partial charge in [0.25, 0.3) is 0 Å². The summed E-state index contributed by atoms with van der Waals surface area (Å²) in [6.45, 7) is 3.99. The zero-order valence-corrected chi connectivity index (χ0v) is 11.0. The highest BCUT2D eigenvalue weighted by Gasteiger charge is 2.09. The third-order valence-corrected chi connectivity index (χ3v) is 2.46. The molecule has 0 aliphatic heterocycles. The molecule has 5 nitrogen and oxygen atoms in total. The van der Waals surface area contributed by atoms with Gasteiger partial charge in [-0.25, -0.2) is 9.97 Å². The van der Waals surface area contributed by atoms with Crippen molar-refractivity contribution in [3.05, 3.63) is 18.0 Å². The zero-order chi connectivity index (χ0) is 12.7. The summed E-state index contributed by atoms with van der Waals surface area (Å²) < 4.78 is 5.07. The molecule has 0 bridgehead atoms. The van der Waals surface area contributed by atoms with Crippen molar-refractivity contribution in [2.24, 2.45) is 5.73 Å². The fraction of sp³-hybridized carbons (Fsp3) is 0.545. The lowest BCUT2D eigenvalue weighted by atomic mass is 10.4. The van der Waals surface area contributed by atoms with Gasteiger partial charge in [-0.1, -0.05) is 12.2 Å². The summed E-state index contributed by atoms with van der Waals surface area (Å²) in [7, 11) is 1.67. The van der Waals surface area contributed by atoms with Gasteiger partial charge in [-0.2, -0.15) is 0 Å². The Morgan fingerprint density at radius 2 is 2.29 bits per heavy atom. The lowest BCUT2D eigenvalue weighted by molar-refractivity contribution is 0.205. The van der Waals surface area contributed by atoms with E-state index in [1.165, 1.54) is 0 Å². The van der Waals surface area contributed by atoms with Gasteiger partial charge in [-0.3, -0.25) is 0 Å². The lowest BCUT2D eigenvalue weighted by Crippen LogP contribution is -2.32. The second-order valence-corrected chi connectivity index (χ2v) is 4.22. The monoisotopic (exact) mass is 254 g/mol. The summed E-state index contributed by atoms with van der Waals surface area (Å²) in [5.74, 6) is 0.693. The number of thiocarbonyl (C=S) groups is 1. The first-order chi connectivity index (χ1) is 8.13. The molecule has 0 aromatic carbocycles. The third kappa shape index (κ3) is 5.06. The zero-order valence-electron chi connectivity index (χ0n) is 10.2. The van der Waals surface area contributed by atoms with E-state index in [4.69, 9.17) is 22.7 Å². The number of nitrogens with two attached hydrogens (primary N) is 1. The minimum Gasteiger partial charge on any atom is -0.393 e. The van der Waals surface area contributed by atoms with Crippen LogP contribution < -0.4 is 10.6 Å². The van der Waals surface area contributed by atoms with Crippen molar-refractivity contribution in [3.8, 4) is 0 Å². The van der Waals surface area contributed by atoms with Crippen LogP contribution in [0.1, 0.15) is 12.1 Å². The fourth-order valence-electron chi connectivity index (χ4n) is 1.35. The van der Waals surface area contributed by atoms with E-state index in [1.54, 1.807) is 13.3 Å². The van der Waals surface area contributed by atoms with Gasteiger partial charge in [0.1, 0.15) is 0 Å². The molecule has 94 valence electrons. The molecule has 17 heavy (non-hydrogen) atoms. The second kappa shape index (κ2) is 7.13. The predicted molar refractivity (Wildman–Crippen MR) is 72.3 cm³/mol. The van der Waals surface area contributed by atoms with Crippen LogP contribution in [0.25, 0.3) is 0 Å². The summed E-state index contributed by atoms with van der Waals surface area (Å²) in [4.78, 5) is 11.1. The van der Waals surface area contributed by atoms with E-state index in [0.29, 0.717) is 30.5 Å². The largest absolute Gasteiger partial charge is 0.393 e. The molecule has 1 heterocycles. The lowest BCUT2D eigenvalue weighted by Gasteiger charge is -2.22. The van der Waals surface area contributed by atoms with E-state index in [2.05, 4.69) is 9.97 Å². The molecule has 0 saturated carbocycles. The molecule has 0 atom stereocenters. The van der Waals surface area contributed by atoms with Crippen molar-refractivity contribution in [1.82, 2.24) is 9.97 Å². The Balaban J connectivity index is 2.70. The summed E-state index contributed by atoms with van der Waals surface area (Å²) in [5.41, 5.74) is 6.45. The predicted octanol–water partition coefficient (Wildman–Crippen LogP) is 0.914. The number of hydrogen-bond acceptors (Lipinski definition) is 5. The van der Waals surface area contributed by atoms with Gasteiger partial charge >= 0.3 is 0 Å². The summed E-state index contributed by atoms with van der Waals surface area (Å²) in [6, 6.07) is 1.87. The molecule has 0 saturated heterocycles. The SMILES string of the molecule is COCCN(CCC(N)=S)c1nccc(C)n1. The molecule has 1 aromatic heterocycles. The van der Waals surface area contributed by atoms with Crippen molar-refractivity contribution < 1.29 is 4.74 Å². The number of anilines is 1. The molecule has 0 radical (unpaired) electrons. The van der Waals surface area contributed by atoms with Crippen LogP contribution in [0.3, 0.4) is 0 Å². The minimum atomic E-state index is 0.500. The van der Waals surface area contributed by atoms with Crippen LogP contribution in [-0.4, -0.2) is 41.8 Å². The number of aryl methyl sites for hydroxylation is 1. The van der Waals surface area contributed by atoms with Crippen LogP contribution in [-0.2, 0) is 4.74 Å². The maximum absolute atomic E-state index is 5.51. The van der Waals surface area contributed by atoms with Crippen molar-refractivity contribution in [2.75, 3.05) is 31.7 Å². The Bertz CT molecular complexity index is 372. The van der Waals surface area contributed by atoms with Crippen LogP contribution >= 0.6 is 12.2 Å². The minimum absolute atomic E-state index is 0.500. The van der Waals surface area contributed by atoms with Gasteiger partial charge in [0, 0.05) is 38.5 Å². The highest BCUT2D eigenvalue weighted by Crippen LogP contribution is 2.07. The summed E-state index contributed by atoms with van der Waals surface area (Å²) >= 11 is 4.88. The first-order valence-corrected chi connectivity index (χ1v) is 5.86. The highest BCUT2D eigenvalue weighted by molar-refractivity contribution is 7.80. The van der Waals surface area contributed by atoms with Gasteiger partial charge < -0.3 is 15.4 Å². The van der Waals surface area contributed by atoms with Gasteiger partial charge in [-0.05, 0) is 13.0 Å². The second-order valence-electron chi connectivity index (χ2n) is 3.69. The van der Waals surface area contributed by atoms with E-state index in [0.717, 1.165) is 12.2 Å². The quantitative estimate of drug-likeness (QED) is 0.730. The molecule has 0 aliphatic carbocycles. The smallest absolute Gasteiger partial charge is 0.225 e. The molecular formula is C11H18N4OS. The molecule has 0 fully saturated rings. The van der Waals surface area contributed by atoms with E-state index in [-0.39, 0.29) is 0 Å². The van der Waals surface area contributed by atoms with Gasteiger partial charge in [-0.15, -0.1) is 0 Å². The molecule has 0 unspecified atom stereocenters.